The summed E-state index contributed by atoms with van der Waals surface area (Å²) in [6.45, 7) is 17.1. The van der Waals surface area contributed by atoms with Crippen LogP contribution in [0, 0.1) is 44.3 Å². The van der Waals surface area contributed by atoms with Crippen LogP contribution in [0.4, 0.5) is 0 Å². The number of nitrogens with two attached hydrogens (primary N) is 1. The topological polar surface area (TPSA) is 116 Å². The summed E-state index contributed by atoms with van der Waals surface area (Å²) in [6, 6.07) is 0. The first kappa shape index (κ1) is 29.5. The molecule has 1 unspecified atom stereocenters. The standard InChI is InChI=1S/C33H49NO6/c1-19-17-27(2,3)12-14-32(19,26(38)39-9)15-13-29(6)18-20(35)16-22-30(29,7)11-10-21-28(4,5)23(36)33(25(34)37)24(40-33)31(21,22)8/h16,19,21,24H,10-15,17-18H2,1-9H3,(H2,34,37)/t19?,21-,24+,29+,30+,31-,32-,33-/m0/s1. The van der Waals surface area contributed by atoms with Crippen LogP contribution in [0.25, 0.3) is 0 Å². The van der Waals surface area contributed by atoms with Gasteiger partial charge in [-0.25, -0.2) is 0 Å². The van der Waals surface area contributed by atoms with Crippen molar-refractivity contribution >= 4 is 23.4 Å². The van der Waals surface area contributed by atoms with Crippen LogP contribution in [0.15, 0.2) is 11.6 Å². The first-order valence-corrected chi connectivity index (χ1v) is 15.2. The third kappa shape index (κ3) is 3.51. The maximum absolute atomic E-state index is 13.6. The van der Waals surface area contributed by atoms with E-state index in [4.69, 9.17) is 15.2 Å². The van der Waals surface area contributed by atoms with Gasteiger partial charge in [-0.1, -0.05) is 61.0 Å². The van der Waals surface area contributed by atoms with Crippen LogP contribution in [0.2, 0.25) is 0 Å². The van der Waals surface area contributed by atoms with Crippen LogP contribution in [0.5, 0.6) is 0 Å². The highest BCUT2D eigenvalue weighted by Gasteiger charge is 2.83. The lowest BCUT2D eigenvalue weighted by molar-refractivity contribution is -0.163. The second-order valence-electron chi connectivity index (χ2n) is 16.0. The zero-order valence-electron chi connectivity index (χ0n) is 26.0. The number of esters is 1. The lowest BCUT2D eigenvalue weighted by Gasteiger charge is -2.63. The minimum atomic E-state index is -1.62. The molecule has 7 nitrogen and oxygen atoms in total. The van der Waals surface area contributed by atoms with Crippen LogP contribution < -0.4 is 5.73 Å². The minimum Gasteiger partial charge on any atom is -0.469 e. The van der Waals surface area contributed by atoms with E-state index in [1.54, 1.807) is 6.08 Å². The summed E-state index contributed by atoms with van der Waals surface area (Å²) in [5, 5.41) is 0. The maximum atomic E-state index is 13.6. The van der Waals surface area contributed by atoms with Gasteiger partial charge >= 0.3 is 5.97 Å². The highest BCUT2D eigenvalue weighted by Crippen LogP contribution is 2.74. The van der Waals surface area contributed by atoms with Crippen LogP contribution >= 0.6 is 0 Å². The number of ketones is 2. The van der Waals surface area contributed by atoms with Crippen molar-refractivity contribution in [2.45, 2.75) is 118 Å². The number of carbonyl (C=O) groups is 4. The van der Waals surface area contributed by atoms with Crippen molar-refractivity contribution in [3.05, 3.63) is 11.6 Å². The fourth-order valence-corrected chi connectivity index (χ4v) is 10.4. The molecule has 3 saturated carbocycles. The van der Waals surface area contributed by atoms with E-state index in [0.29, 0.717) is 19.3 Å². The Balaban J connectivity index is 1.54. The molecule has 0 bridgehead atoms. The molecular formula is C33H49NO6. The molecule has 1 saturated heterocycles. The first-order chi connectivity index (χ1) is 18.3. The van der Waals surface area contributed by atoms with Crippen molar-refractivity contribution in [2.24, 2.45) is 50.1 Å². The summed E-state index contributed by atoms with van der Waals surface area (Å²) < 4.78 is 11.5. The van der Waals surface area contributed by atoms with Gasteiger partial charge in [0.25, 0.3) is 5.91 Å². The molecule has 0 radical (unpaired) electrons. The molecule has 2 N–H and O–H groups in total. The summed E-state index contributed by atoms with van der Waals surface area (Å²) in [7, 11) is 1.49. The Morgan fingerprint density at radius 2 is 1.68 bits per heavy atom. The molecule has 0 spiro atoms. The third-order valence-corrected chi connectivity index (χ3v) is 13.1. The number of carbonyl (C=O) groups excluding carboxylic acids is 4. The molecule has 4 fully saturated rings. The molecular weight excluding hydrogens is 506 g/mol. The number of hydrogen-bond acceptors (Lipinski definition) is 6. The van der Waals surface area contributed by atoms with Crippen molar-refractivity contribution in [3.8, 4) is 0 Å². The Morgan fingerprint density at radius 3 is 2.25 bits per heavy atom. The monoisotopic (exact) mass is 555 g/mol. The van der Waals surface area contributed by atoms with Gasteiger partial charge in [0.1, 0.15) is 6.10 Å². The van der Waals surface area contributed by atoms with E-state index in [1.165, 1.54) is 7.11 Å². The number of rotatable bonds is 5. The third-order valence-electron chi connectivity index (χ3n) is 13.1. The zero-order valence-corrected chi connectivity index (χ0v) is 26.0. The Kier molecular flexibility index (Phi) is 6.27. The number of fused-ring (bicyclic) bond motifs is 5. The number of amides is 1. The van der Waals surface area contributed by atoms with Gasteiger partial charge in [-0.2, -0.15) is 0 Å². The van der Waals surface area contributed by atoms with E-state index >= 15 is 0 Å². The van der Waals surface area contributed by atoms with E-state index in [1.807, 2.05) is 13.8 Å². The number of primary amides is 1. The number of Topliss-reactive ketones (excluding diaryl/α,β-unsaturated/α-hetero) is 1. The van der Waals surface area contributed by atoms with Gasteiger partial charge in [0, 0.05) is 17.3 Å². The predicted molar refractivity (Wildman–Crippen MR) is 151 cm³/mol. The van der Waals surface area contributed by atoms with Gasteiger partial charge < -0.3 is 15.2 Å². The van der Waals surface area contributed by atoms with E-state index in [-0.39, 0.29) is 40.2 Å². The average molecular weight is 556 g/mol. The van der Waals surface area contributed by atoms with Crippen LogP contribution in [-0.4, -0.2) is 42.3 Å². The summed E-state index contributed by atoms with van der Waals surface area (Å²) in [6.07, 6.45) is 7.22. The quantitative estimate of drug-likeness (QED) is 0.278. The van der Waals surface area contributed by atoms with Crippen molar-refractivity contribution in [1.82, 2.24) is 0 Å². The Bertz CT molecular complexity index is 1220. The highest BCUT2D eigenvalue weighted by atomic mass is 16.6. The largest absolute Gasteiger partial charge is 0.469 e. The molecule has 1 amide bonds. The fraction of sp³-hybridized carbons (Fsp3) is 0.818. The molecule has 0 aromatic carbocycles. The van der Waals surface area contributed by atoms with E-state index in [9.17, 15) is 19.2 Å². The van der Waals surface area contributed by atoms with Crippen molar-refractivity contribution in [1.29, 1.82) is 0 Å². The fourth-order valence-electron chi connectivity index (χ4n) is 10.4. The second-order valence-corrected chi connectivity index (χ2v) is 16.0. The molecule has 1 aliphatic heterocycles. The minimum absolute atomic E-state index is 0.0572. The van der Waals surface area contributed by atoms with Gasteiger partial charge in [-0.15, -0.1) is 0 Å². The molecule has 8 atom stereocenters. The smallest absolute Gasteiger partial charge is 0.312 e. The first-order valence-electron chi connectivity index (χ1n) is 15.2. The average Bonchev–Trinajstić information content (AvgIpc) is 3.62. The Labute approximate surface area is 239 Å². The van der Waals surface area contributed by atoms with E-state index in [2.05, 4.69) is 41.5 Å². The zero-order chi connectivity index (χ0) is 29.9. The molecule has 1 heterocycles. The Hall–Kier alpha value is -2.02. The summed E-state index contributed by atoms with van der Waals surface area (Å²) in [4.78, 5) is 53.3. The predicted octanol–water partition coefficient (Wildman–Crippen LogP) is 5.33. The van der Waals surface area contributed by atoms with Crippen molar-refractivity contribution in [2.75, 3.05) is 7.11 Å². The number of allylic oxidation sites excluding steroid dienone is 1. The molecule has 0 aromatic rings. The number of hydrogen-bond donors (Lipinski definition) is 1. The lowest BCUT2D eigenvalue weighted by Crippen LogP contribution is -2.65. The molecule has 40 heavy (non-hydrogen) atoms. The molecule has 0 aromatic heterocycles. The molecule has 5 rings (SSSR count). The number of epoxide rings is 1. The summed E-state index contributed by atoms with van der Waals surface area (Å²) >= 11 is 0. The molecule has 4 aliphatic carbocycles. The highest BCUT2D eigenvalue weighted by molar-refractivity contribution is 6.15. The van der Waals surface area contributed by atoms with Crippen molar-refractivity contribution in [3.63, 3.8) is 0 Å². The van der Waals surface area contributed by atoms with Gasteiger partial charge in [0.2, 0.25) is 5.60 Å². The van der Waals surface area contributed by atoms with E-state index < -0.39 is 39.3 Å². The van der Waals surface area contributed by atoms with Gasteiger partial charge in [-0.05, 0) is 79.1 Å². The van der Waals surface area contributed by atoms with Gasteiger partial charge in [-0.3, -0.25) is 19.2 Å². The molecule has 7 heteroatoms. The second kappa shape index (κ2) is 8.52. The normalized spacial score (nSPS) is 46.8. The van der Waals surface area contributed by atoms with Gasteiger partial charge in [0.15, 0.2) is 11.6 Å². The van der Waals surface area contributed by atoms with E-state index in [0.717, 1.165) is 37.7 Å². The van der Waals surface area contributed by atoms with Crippen LogP contribution in [0.1, 0.15) is 107 Å². The maximum Gasteiger partial charge on any atom is 0.312 e. The number of ether oxygens (including phenoxy) is 2. The molecule has 5 aliphatic rings. The lowest BCUT2D eigenvalue weighted by atomic mass is 9.38. The summed E-state index contributed by atoms with van der Waals surface area (Å²) in [5.41, 5.74) is 2.51. The SMILES string of the molecule is COC(=O)[C@]1(CC[C@]2(C)CC(=O)C=C3[C@]4(C)[C@@H](CC[C@]32C)C(C)(C)C(=O)[C@]2(C(N)=O)O[C@@H]24)CCC(C)(C)CC1C. The van der Waals surface area contributed by atoms with Crippen LogP contribution in [0.3, 0.4) is 0 Å². The Morgan fingerprint density at radius 1 is 1.02 bits per heavy atom. The van der Waals surface area contributed by atoms with Crippen molar-refractivity contribution < 1.29 is 28.7 Å². The van der Waals surface area contributed by atoms with Gasteiger partial charge in [0.05, 0.1) is 12.5 Å². The summed E-state index contributed by atoms with van der Waals surface area (Å²) in [5.74, 6) is -0.955. The molecule has 222 valence electrons. The number of methoxy groups -OCH3 is 1. The van der Waals surface area contributed by atoms with Crippen LogP contribution in [-0.2, 0) is 28.7 Å².